The van der Waals surface area contributed by atoms with E-state index in [4.69, 9.17) is 33.2 Å². The predicted molar refractivity (Wildman–Crippen MR) is 503 cm³/mol. The van der Waals surface area contributed by atoms with Gasteiger partial charge in [0.25, 0.3) is 0 Å². The minimum Gasteiger partial charge on any atom is -0.305 e. The SMILES string of the molecule is CC(C)N[C@@H](Cc1ccc(CN=[N+]=[N-])cc1)C(=O)C(C)C.CC(C)N[C@@H](Cc1ccc(CN=[N+]=[N-])cc1)C(=O)C(C)C.CC(C)N[C@@H](Cc1cccc(CN=[N+]=[N-])c1)C(=O)C(C)C.CC(C)N[C@@H](Cc1cccc(CN=[N+]=[N-])n1)C(=O)C(C)C.CC(C)N[C@@H](Cc1cncc(CN=[N+]=[N-])c1)C(=O)C(C)C.CC(C)N[C@@H](Cc1csc(CN=[N+]=[N-])c1)C(=O)C(C)C. The number of carbonyl (C=O) groups is 6. The lowest BCUT2D eigenvalue weighted by atomic mass is 9.94. The second kappa shape index (κ2) is 63.3. The van der Waals surface area contributed by atoms with E-state index in [0.717, 1.165) is 60.6 Å². The van der Waals surface area contributed by atoms with Crippen molar-refractivity contribution < 1.29 is 28.8 Å². The Morgan fingerprint density at radius 2 is 0.552 bits per heavy atom. The van der Waals surface area contributed by atoms with Crippen molar-refractivity contribution in [1.29, 1.82) is 0 Å². The molecule has 0 aliphatic heterocycles. The van der Waals surface area contributed by atoms with E-state index in [1.165, 1.54) is 0 Å². The van der Waals surface area contributed by atoms with Crippen LogP contribution in [-0.4, -0.2) is 117 Å². The highest BCUT2D eigenvalue weighted by atomic mass is 32.1. The molecular weight excluding hydrogens is 1600 g/mol. The summed E-state index contributed by atoms with van der Waals surface area (Å²) in [6.07, 6.45) is 7.25. The first kappa shape index (κ1) is 112. The van der Waals surface area contributed by atoms with Gasteiger partial charge in [-0.25, -0.2) is 0 Å². The molecule has 6 N–H and O–H groups in total. The third kappa shape index (κ3) is 49.6. The topological polar surface area (TPSA) is 493 Å². The number of azide groups is 6. The van der Waals surface area contributed by atoms with E-state index in [-0.39, 0.29) is 156 Å². The fraction of sp³-hybridized carbons (Fsp3) is 0.587. The highest BCUT2D eigenvalue weighted by molar-refractivity contribution is 7.10. The number of rotatable bonds is 48. The molecule has 6 atom stereocenters. The monoisotopic (exact) mass is 1740 g/mol. The van der Waals surface area contributed by atoms with Gasteiger partial charge < -0.3 is 31.9 Å². The number of nitrogens with zero attached hydrogens (tertiary/aromatic N) is 20. The van der Waals surface area contributed by atoms with E-state index in [1.54, 1.807) is 23.7 Å². The summed E-state index contributed by atoms with van der Waals surface area (Å²) in [6, 6.07) is 33.5. The summed E-state index contributed by atoms with van der Waals surface area (Å²) in [5.41, 5.74) is 60.7. The maximum atomic E-state index is 12.3. The normalized spacial score (nSPS) is 12.3. The fourth-order valence-corrected chi connectivity index (χ4v) is 13.6. The van der Waals surface area contributed by atoms with Crippen molar-refractivity contribution in [2.24, 2.45) is 66.2 Å². The zero-order valence-electron chi connectivity index (χ0n) is 78.2. The molecular formula is C92H140N26O6S. The third-order valence-corrected chi connectivity index (χ3v) is 19.6. The first-order chi connectivity index (χ1) is 59.1. The molecule has 3 aromatic carbocycles. The molecule has 0 aliphatic carbocycles. The zero-order chi connectivity index (χ0) is 94.3. The quantitative estimate of drug-likeness (QED) is 0.0117. The standard InChI is InChI=1S/3C16H24N4O.2C15H23N5O.C14H22N4OS/c2*1-11(2)16(21)15(19-12(3)4)9-13-5-7-14(8-6-13)10-18-20-17;1-11(2)16(21)15(19-12(3)4)9-13-6-5-7-14(8-13)10-18-20-17;1-10(2)15(21)14(19-11(3)4)6-12-5-13(8-17-7-12)9-18-20-16;1-10(2)15(21)14(18-11(3)4)8-12-6-5-7-13(19-12)9-17-20-16;1-9(2)14(19)13(17-10(3)4)6-11-5-12(20-8-11)7-16-18-15/h3*5-8,11-12,15,19H,9-10H2,1-4H3;5,7-8,10-11,14,19H,6,9H2,1-4H3;5-7,10-11,14,18H,8-9H2,1-4H3;5,8-10,13,17H,6-7H2,1-4H3/t3*15-;2*14-;13-/m000000/s1. The summed E-state index contributed by atoms with van der Waals surface area (Å²) in [4.78, 5) is 99.8. The minimum absolute atomic E-state index is 0.00706. The molecule has 0 amide bonds. The predicted octanol–water partition coefficient (Wildman–Crippen LogP) is 20.6. The second-order valence-electron chi connectivity index (χ2n) is 34.3. The van der Waals surface area contributed by atoms with Crippen LogP contribution in [0.3, 0.4) is 0 Å². The van der Waals surface area contributed by atoms with Crippen molar-refractivity contribution >= 4 is 46.0 Å². The Balaban J connectivity index is 0.000000750. The summed E-state index contributed by atoms with van der Waals surface area (Å²) >= 11 is 1.57. The molecule has 0 radical (unpaired) electrons. The van der Waals surface area contributed by atoms with E-state index in [0.29, 0.717) is 70.4 Å². The van der Waals surface area contributed by atoms with Crippen molar-refractivity contribution in [3.05, 3.63) is 250 Å². The molecule has 680 valence electrons. The van der Waals surface area contributed by atoms with Crippen molar-refractivity contribution in [2.45, 2.75) is 316 Å². The molecule has 3 aromatic heterocycles. The minimum atomic E-state index is -0.243. The van der Waals surface area contributed by atoms with Gasteiger partial charge in [0.05, 0.1) is 75.5 Å². The van der Waals surface area contributed by atoms with Gasteiger partial charge in [0.1, 0.15) is 0 Å². The Hall–Kier alpha value is -10.7. The van der Waals surface area contributed by atoms with E-state index in [1.807, 2.05) is 275 Å². The van der Waals surface area contributed by atoms with Crippen LogP contribution in [-0.2, 0) is 107 Å². The number of carbonyl (C=O) groups excluding carboxylic acids is 6. The highest BCUT2D eigenvalue weighted by Crippen LogP contribution is 2.21. The largest absolute Gasteiger partial charge is 0.305 e. The van der Waals surface area contributed by atoms with Crippen LogP contribution in [0.1, 0.15) is 233 Å². The summed E-state index contributed by atoms with van der Waals surface area (Å²) in [5.74, 6) is 1.36. The average molecular weight is 1740 g/mol. The van der Waals surface area contributed by atoms with Crippen LogP contribution in [0.2, 0.25) is 0 Å². The van der Waals surface area contributed by atoms with E-state index in [2.05, 4.69) is 102 Å². The Morgan fingerprint density at radius 3 is 0.904 bits per heavy atom. The molecule has 0 aliphatic rings. The van der Waals surface area contributed by atoms with Gasteiger partial charge in [-0.1, -0.05) is 282 Å². The first-order valence-corrected chi connectivity index (χ1v) is 44.0. The van der Waals surface area contributed by atoms with Gasteiger partial charge >= 0.3 is 0 Å². The maximum Gasteiger partial charge on any atom is 0.152 e. The Kier molecular flexibility index (Phi) is 56.8. The third-order valence-electron chi connectivity index (χ3n) is 18.6. The van der Waals surface area contributed by atoms with Gasteiger partial charge in [0, 0.05) is 136 Å². The summed E-state index contributed by atoms with van der Waals surface area (Å²) < 4.78 is 0. The molecule has 32 nitrogen and oxygen atoms in total. The second-order valence-corrected chi connectivity index (χ2v) is 35.3. The fourth-order valence-electron chi connectivity index (χ4n) is 12.8. The molecule has 0 saturated carbocycles. The van der Waals surface area contributed by atoms with Gasteiger partial charge in [0.2, 0.25) is 0 Å². The lowest BCUT2D eigenvalue weighted by Gasteiger charge is -2.22. The van der Waals surface area contributed by atoms with Crippen LogP contribution in [0.4, 0.5) is 0 Å². The van der Waals surface area contributed by atoms with Crippen molar-refractivity contribution in [1.82, 2.24) is 41.9 Å². The number of benzene rings is 3. The number of ketones is 6. The molecule has 0 bridgehead atoms. The van der Waals surface area contributed by atoms with E-state index in [9.17, 15) is 28.8 Å². The van der Waals surface area contributed by atoms with Crippen LogP contribution < -0.4 is 31.9 Å². The Morgan fingerprint density at radius 1 is 0.288 bits per heavy atom. The lowest BCUT2D eigenvalue weighted by Crippen LogP contribution is -2.44. The van der Waals surface area contributed by atoms with Crippen molar-refractivity contribution in [3.63, 3.8) is 0 Å². The lowest BCUT2D eigenvalue weighted by molar-refractivity contribution is -0.124. The molecule has 0 spiro atoms. The number of pyridine rings is 2. The number of Topliss-reactive ketones (excluding diaryl/α,β-unsaturated/α-hetero) is 6. The number of nitrogens with one attached hydrogen (secondary N) is 6. The summed E-state index contributed by atoms with van der Waals surface area (Å²) in [7, 11) is 0. The van der Waals surface area contributed by atoms with Gasteiger partial charge in [-0.2, -0.15) is 0 Å². The van der Waals surface area contributed by atoms with E-state index < -0.39 is 0 Å². The number of hydrogen-bond acceptors (Lipinski definition) is 21. The summed E-state index contributed by atoms with van der Waals surface area (Å²) in [6.45, 7) is 49.4. The molecule has 6 rings (SSSR count). The highest BCUT2D eigenvalue weighted by Gasteiger charge is 2.28. The molecule has 0 unspecified atom stereocenters. The number of thiophene rings is 1. The molecule has 6 aromatic rings. The Bertz CT molecular complexity index is 4200. The van der Waals surface area contributed by atoms with E-state index >= 15 is 0 Å². The molecule has 0 fully saturated rings. The smallest absolute Gasteiger partial charge is 0.152 e. The zero-order valence-corrected chi connectivity index (χ0v) is 79.0. The van der Waals surface area contributed by atoms with Crippen molar-refractivity contribution in [2.75, 3.05) is 0 Å². The van der Waals surface area contributed by atoms with Crippen LogP contribution in [0.5, 0.6) is 0 Å². The average Bonchev–Trinajstić information content (AvgIpc) is 0.898. The molecule has 3 heterocycles. The van der Waals surface area contributed by atoms with Crippen LogP contribution in [0, 0.1) is 35.5 Å². The Labute approximate surface area is 745 Å². The number of hydrogen-bond donors (Lipinski definition) is 6. The van der Waals surface area contributed by atoms with Crippen LogP contribution >= 0.6 is 11.3 Å². The first-order valence-electron chi connectivity index (χ1n) is 43.1. The van der Waals surface area contributed by atoms with Gasteiger partial charge in [-0.15, -0.1) is 11.3 Å². The summed E-state index contributed by atoms with van der Waals surface area (Å²) in [5, 5.41) is 43.2. The maximum absolute atomic E-state index is 12.3. The van der Waals surface area contributed by atoms with Gasteiger partial charge in [-0.3, -0.25) is 38.7 Å². The molecule has 33 heteroatoms. The van der Waals surface area contributed by atoms with Gasteiger partial charge in [0.15, 0.2) is 34.7 Å². The van der Waals surface area contributed by atoms with Gasteiger partial charge in [-0.05, 0) is 139 Å². The van der Waals surface area contributed by atoms with Crippen molar-refractivity contribution in [3.8, 4) is 0 Å². The number of aromatic nitrogens is 2. The van der Waals surface area contributed by atoms with Crippen LogP contribution in [0.25, 0.3) is 62.7 Å². The van der Waals surface area contributed by atoms with Crippen LogP contribution in [0.15, 0.2) is 152 Å². The molecule has 0 saturated heterocycles. The molecule has 125 heavy (non-hydrogen) atoms.